The molecule has 0 radical (unpaired) electrons. The van der Waals surface area contributed by atoms with E-state index in [0.717, 1.165) is 10.0 Å². The van der Waals surface area contributed by atoms with Crippen molar-refractivity contribution in [2.45, 2.75) is 18.4 Å². The van der Waals surface area contributed by atoms with Crippen molar-refractivity contribution in [3.63, 3.8) is 0 Å². The zero-order valence-electron chi connectivity index (χ0n) is 9.40. The fourth-order valence-corrected chi connectivity index (χ4v) is 2.43. The van der Waals surface area contributed by atoms with Gasteiger partial charge in [0.05, 0.1) is 0 Å². The molecule has 0 unspecified atom stereocenters. The van der Waals surface area contributed by atoms with Gasteiger partial charge in [-0.15, -0.1) is 0 Å². The highest BCUT2D eigenvalue weighted by atomic mass is 79.9. The molecule has 0 aromatic heterocycles. The third-order valence-corrected chi connectivity index (χ3v) is 3.87. The summed E-state index contributed by atoms with van der Waals surface area (Å²) in [6.45, 7) is 1.00. The summed E-state index contributed by atoms with van der Waals surface area (Å²) in [4.78, 5) is 12.2. The Morgan fingerprint density at radius 1 is 1.29 bits per heavy atom. The van der Waals surface area contributed by atoms with Crippen LogP contribution in [0.5, 0.6) is 0 Å². The summed E-state index contributed by atoms with van der Waals surface area (Å²) >= 11 is 3.39. The highest BCUT2D eigenvalue weighted by Gasteiger charge is 2.33. The van der Waals surface area contributed by atoms with Gasteiger partial charge < -0.3 is 15.7 Å². The summed E-state index contributed by atoms with van der Waals surface area (Å²) in [5, 5.41) is 8.89. The van der Waals surface area contributed by atoms with Crippen LogP contribution in [0, 0.1) is 0 Å². The number of halogens is 1. The summed E-state index contributed by atoms with van der Waals surface area (Å²) in [7, 11) is 0. The van der Waals surface area contributed by atoms with E-state index in [0.29, 0.717) is 25.9 Å². The van der Waals surface area contributed by atoms with Crippen LogP contribution in [-0.2, 0) is 5.54 Å². The van der Waals surface area contributed by atoms with Gasteiger partial charge in [-0.2, -0.15) is 0 Å². The average Bonchev–Trinajstić information content (AvgIpc) is 2.30. The van der Waals surface area contributed by atoms with Crippen LogP contribution in [0.4, 0.5) is 4.79 Å². The van der Waals surface area contributed by atoms with Crippen LogP contribution in [0.15, 0.2) is 28.7 Å². The maximum atomic E-state index is 10.8. The van der Waals surface area contributed by atoms with Crippen molar-refractivity contribution in [3.05, 3.63) is 34.3 Å². The molecule has 2 rings (SSSR count). The maximum Gasteiger partial charge on any atom is 0.407 e. The van der Waals surface area contributed by atoms with Gasteiger partial charge in [0.25, 0.3) is 0 Å². The number of benzene rings is 1. The number of piperidine rings is 1. The number of carbonyl (C=O) groups is 1. The van der Waals surface area contributed by atoms with E-state index >= 15 is 0 Å². The molecule has 1 aromatic carbocycles. The molecule has 5 heteroatoms. The van der Waals surface area contributed by atoms with Crippen molar-refractivity contribution in [1.29, 1.82) is 0 Å². The fraction of sp³-hybridized carbons (Fsp3) is 0.417. The molecular formula is C12H15BrN2O2. The second kappa shape index (κ2) is 4.66. The standard InChI is InChI=1S/C12H15BrN2O2/c13-10-3-1-9(2-4-10)12(14)5-7-15(8-6-12)11(16)17/h1-4H,5-8,14H2,(H,16,17). The topological polar surface area (TPSA) is 66.6 Å². The SMILES string of the molecule is NC1(c2ccc(Br)cc2)CCN(C(=O)O)CC1. The average molecular weight is 299 g/mol. The first kappa shape index (κ1) is 12.4. The zero-order valence-corrected chi connectivity index (χ0v) is 11.0. The van der Waals surface area contributed by atoms with Crippen molar-refractivity contribution >= 4 is 22.0 Å². The van der Waals surface area contributed by atoms with Crippen LogP contribution < -0.4 is 5.73 Å². The highest BCUT2D eigenvalue weighted by molar-refractivity contribution is 9.10. The lowest BCUT2D eigenvalue weighted by molar-refractivity contribution is 0.117. The van der Waals surface area contributed by atoms with Gasteiger partial charge in [-0.3, -0.25) is 0 Å². The molecule has 1 fully saturated rings. The van der Waals surface area contributed by atoms with Crippen LogP contribution in [0.25, 0.3) is 0 Å². The molecule has 0 aliphatic carbocycles. The number of hydrogen-bond donors (Lipinski definition) is 2. The molecular weight excluding hydrogens is 284 g/mol. The minimum atomic E-state index is -0.858. The second-order valence-electron chi connectivity index (χ2n) is 4.43. The summed E-state index contributed by atoms with van der Waals surface area (Å²) in [5.74, 6) is 0. The quantitative estimate of drug-likeness (QED) is 0.836. The van der Waals surface area contributed by atoms with Crippen molar-refractivity contribution in [2.75, 3.05) is 13.1 Å². The van der Waals surface area contributed by atoms with E-state index in [1.165, 1.54) is 4.90 Å². The fourth-order valence-electron chi connectivity index (χ4n) is 2.17. The van der Waals surface area contributed by atoms with E-state index in [9.17, 15) is 4.79 Å². The Labute approximate surface area is 109 Å². The molecule has 0 atom stereocenters. The predicted molar refractivity (Wildman–Crippen MR) is 68.8 cm³/mol. The zero-order chi connectivity index (χ0) is 12.5. The predicted octanol–water partition coefficient (Wildman–Crippen LogP) is 2.38. The summed E-state index contributed by atoms with van der Waals surface area (Å²) < 4.78 is 1.02. The Bertz CT molecular complexity index is 411. The maximum absolute atomic E-state index is 10.8. The van der Waals surface area contributed by atoms with Gasteiger partial charge in [-0.1, -0.05) is 28.1 Å². The number of likely N-dealkylation sites (tertiary alicyclic amines) is 1. The van der Waals surface area contributed by atoms with Gasteiger partial charge in [0, 0.05) is 23.1 Å². The van der Waals surface area contributed by atoms with Crippen LogP contribution in [0.2, 0.25) is 0 Å². The molecule has 3 N–H and O–H groups in total. The summed E-state index contributed by atoms with van der Waals surface area (Å²) in [6, 6.07) is 7.93. The van der Waals surface area contributed by atoms with Gasteiger partial charge in [-0.25, -0.2) is 4.79 Å². The largest absolute Gasteiger partial charge is 0.465 e. The number of amides is 1. The van der Waals surface area contributed by atoms with E-state index in [1.54, 1.807) is 0 Å². The molecule has 1 aliphatic heterocycles. The van der Waals surface area contributed by atoms with E-state index in [-0.39, 0.29) is 0 Å². The van der Waals surface area contributed by atoms with Gasteiger partial charge in [0.2, 0.25) is 0 Å². The van der Waals surface area contributed by atoms with Gasteiger partial charge in [0.15, 0.2) is 0 Å². The molecule has 1 aromatic rings. The molecule has 1 amide bonds. The van der Waals surface area contributed by atoms with Crippen molar-refractivity contribution in [2.24, 2.45) is 5.73 Å². The number of nitrogens with two attached hydrogens (primary N) is 1. The molecule has 0 saturated carbocycles. The Morgan fingerprint density at radius 2 is 1.82 bits per heavy atom. The molecule has 1 saturated heterocycles. The number of nitrogens with zero attached hydrogens (tertiary/aromatic N) is 1. The first-order valence-electron chi connectivity index (χ1n) is 5.54. The van der Waals surface area contributed by atoms with Crippen molar-refractivity contribution < 1.29 is 9.90 Å². The lowest BCUT2D eigenvalue weighted by Gasteiger charge is -2.38. The lowest BCUT2D eigenvalue weighted by atomic mass is 9.82. The molecule has 1 aliphatic rings. The number of hydrogen-bond acceptors (Lipinski definition) is 2. The second-order valence-corrected chi connectivity index (χ2v) is 5.35. The minimum absolute atomic E-state index is 0.396. The van der Waals surface area contributed by atoms with Crippen molar-refractivity contribution in [1.82, 2.24) is 4.90 Å². The van der Waals surface area contributed by atoms with E-state index in [1.807, 2.05) is 24.3 Å². The monoisotopic (exact) mass is 298 g/mol. The first-order valence-corrected chi connectivity index (χ1v) is 6.33. The molecule has 0 spiro atoms. The smallest absolute Gasteiger partial charge is 0.407 e. The Kier molecular flexibility index (Phi) is 3.40. The number of carboxylic acid groups (broad SMARTS) is 1. The first-order chi connectivity index (χ1) is 8.01. The Hall–Kier alpha value is -1.07. The van der Waals surface area contributed by atoms with Crippen LogP contribution >= 0.6 is 15.9 Å². The summed E-state index contributed by atoms with van der Waals surface area (Å²) in [6.07, 6.45) is 0.477. The van der Waals surface area contributed by atoms with Gasteiger partial charge in [0.1, 0.15) is 0 Å². The van der Waals surface area contributed by atoms with Crippen molar-refractivity contribution in [3.8, 4) is 0 Å². The van der Waals surface area contributed by atoms with Crippen LogP contribution in [-0.4, -0.2) is 29.2 Å². The van der Waals surface area contributed by atoms with E-state index in [4.69, 9.17) is 10.8 Å². The van der Waals surface area contributed by atoms with Gasteiger partial charge >= 0.3 is 6.09 Å². The van der Waals surface area contributed by atoms with Crippen LogP contribution in [0.3, 0.4) is 0 Å². The summed E-state index contributed by atoms with van der Waals surface area (Å²) in [5.41, 5.74) is 7.04. The third kappa shape index (κ3) is 2.61. The highest BCUT2D eigenvalue weighted by Crippen LogP contribution is 2.31. The number of rotatable bonds is 1. The normalized spacial score (nSPS) is 19.1. The molecule has 4 nitrogen and oxygen atoms in total. The molecule has 1 heterocycles. The lowest BCUT2D eigenvalue weighted by Crippen LogP contribution is -2.49. The Balaban J connectivity index is 2.11. The molecule has 0 bridgehead atoms. The minimum Gasteiger partial charge on any atom is -0.465 e. The Morgan fingerprint density at radius 3 is 2.29 bits per heavy atom. The van der Waals surface area contributed by atoms with E-state index in [2.05, 4.69) is 15.9 Å². The molecule has 17 heavy (non-hydrogen) atoms. The third-order valence-electron chi connectivity index (χ3n) is 3.35. The van der Waals surface area contributed by atoms with E-state index < -0.39 is 11.6 Å². The molecule has 92 valence electrons. The van der Waals surface area contributed by atoms with Crippen LogP contribution in [0.1, 0.15) is 18.4 Å². The van der Waals surface area contributed by atoms with Gasteiger partial charge in [-0.05, 0) is 30.5 Å².